The maximum atomic E-state index is 12.5. The van der Waals surface area contributed by atoms with Gasteiger partial charge in [-0.15, -0.1) is 0 Å². The molecule has 3 rings (SSSR count). The Bertz CT molecular complexity index is 383. The van der Waals surface area contributed by atoms with E-state index in [9.17, 15) is 4.79 Å². The fraction of sp³-hybridized carbons (Fsp3) is 0.938. The fourth-order valence-corrected chi connectivity index (χ4v) is 4.35. The third-order valence-electron chi connectivity index (χ3n) is 5.89. The number of nitrogens with one attached hydrogen (secondary N) is 2. The second-order valence-corrected chi connectivity index (χ2v) is 7.30. The number of hydrogen-bond acceptors (Lipinski definition) is 3. The molecule has 4 heteroatoms. The van der Waals surface area contributed by atoms with E-state index in [0.717, 1.165) is 25.5 Å². The molecule has 1 heterocycles. The largest absolute Gasteiger partial charge is 0.378 e. The van der Waals surface area contributed by atoms with Crippen molar-refractivity contribution < 1.29 is 9.53 Å². The van der Waals surface area contributed by atoms with Crippen LogP contribution in [0.25, 0.3) is 0 Å². The van der Waals surface area contributed by atoms with Crippen LogP contribution in [0, 0.1) is 17.3 Å². The number of carbonyl (C=O) groups excluding carboxylic acids is 1. The molecule has 4 nitrogen and oxygen atoms in total. The molecule has 2 saturated carbocycles. The summed E-state index contributed by atoms with van der Waals surface area (Å²) in [4.78, 5) is 12.5. The molecule has 0 aromatic heterocycles. The van der Waals surface area contributed by atoms with Crippen molar-refractivity contribution in [3.63, 3.8) is 0 Å². The molecule has 0 radical (unpaired) electrons. The maximum absolute atomic E-state index is 12.5. The molecule has 0 bridgehead atoms. The molecule has 1 aliphatic heterocycles. The van der Waals surface area contributed by atoms with Gasteiger partial charge in [0.1, 0.15) is 0 Å². The lowest BCUT2D eigenvalue weighted by Crippen LogP contribution is -2.64. The zero-order valence-corrected chi connectivity index (χ0v) is 12.9. The Kier molecular flexibility index (Phi) is 3.80. The van der Waals surface area contributed by atoms with Crippen molar-refractivity contribution in [2.24, 2.45) is 17.3 Å². The maximum Gasteiger partial charge on any atom is 0.237 e. The molecule has 5 unspecified atom stereocenters. The summed E-state index contributed by atoms with van der Waals surface area (Å²) < 4.78 is 5.73. The number of hydrogen-bond donors (Lipinski definition) is 2. The van der Waals surface area contributed by atoms with Crippen LogP contribution in [0.15, 0.2) is 0 Å². The zero-order chi connectivity index (χ0) is 14.3. The van der Waals surface area contributed by atoms with Crippen LogP contribution in [0.1, 0.15) is 46.5 Å². The van der Waals surface area contributed by atoms with Gasteiger partial charge in [-0.25, -0.2) is 0 Å². The Labute approximate surface area is 122 Å². The summed E-state index contributed by atoms with van der Waals surface area (Å²) >= 11 is 0. The lowest BCUT2D eigenvalue weighted by molar-refractivity contribution is -0.138. The van der Waals surface area contributed by atoms with E-state index >= 15 is 0 Å². The van der Waals surface area contributed by atoms with Crippen LogP contribution in [0.5, 0.6) is 0 Å². The molecule has 2 aliphatic carbocycles. The minimum atomic E-state index is 0.0458. The van der Waals surface area contributed by atoms with E-state index in [1.54, 1.807) is 0 Å². The number of fused-ring (bicyclic) bond motifs is 1. The molecule has 5 atom stereocenters. The first kappa shape index (κ1) is 14.3. The predicted octanol–water partition coefficient (Wildman–Crippen LogP) is 1.69. The van der Waals surface area contributed by atoms with Gasteiger partial charge in [0.15, 0.2) is 0 Å². The molecule has 0 spiro atoms. The quantitative estimate of drug-likeness (QED) is 0.824. The summed E-state index contributed by atoms with van der Waals surface area (Å²) in [7, 11) is 0. The highest BCUT2D eigenvalue weighted by molar-refractivity contribution is 5.83. The molecule has 3 aliphatic rings. The molecule has 0 aromatic rings. The smallest absolute Gasteiger partial charge is 0.237 e. The van der Waals surface area contributed by atoms with Gasteiger partial charge >= 0.3 is 0 Å². The van der Waals surface area contributed by atoms with E-state index in [0.29, 0.717) is 5.92 Å². The Hall–Kier alpha value is -0.610. The van der Waals surface area contributed by atoms with Crippen molar-refractivity contribution in [2.75, 3.05) is 13.2 Å². The molecular formula is C16H28N2O2. The van der Waals surface area contributed by atoms with Crippen LogP contribution in [0.4, 0.5) is 0 Å². The van der Waals surface area contributed by atoms with Crippen molar-refractivity contribution >= 4 is 5.91 Å². The third-order valence-corrected chi connectivity index (χ3v) is 5.89. The van der Waals surface area contributed by atoms with Crippen LogP contribution < -0.4 is 10.6 Å². The average molecular weight is 280 g/mol. The van der Waals surface area contributed by atoms with E-state index < -0.39 is 0 Å². The third kappa shape index (κ3) is 2.27. The van der Waals surface area contributed by atoms with Gasteiger partial charge < -0.3 is 15.4 Å². The van der Waals surface area contributed by atoms with Crippen LogP contribution in [0.2, 0.25) is 0 Å². The van der Waals surface area contributed by atoms with E-state index in [2.05, 4.69) is 24.5 Å². The van der Waals surface area contributed by atoms with Gasteiger partial charge in [0.05, 0.1) is 12.1 Å². The normalized spacial score (nSPS) is 42.0. The minimum Gasteiger partial charge on any atom is -0.378 e. The van der Waals surface area contributed by atoms with E-state index in [1.165, 1.54) is 19.3 Å². The van der Waals surface area contributed by atoms with Gasteiger partial charge in [0.2, 0.25) is 5.91 Å². The Morgan fingerprint density at radius 1 is 1.40 bits per heavy atom. The van der Waals surface area contributed by atoms with Gasteiger partial charge in [0.25, 0.3) is 0 Å². The first-order chi connectivity index (χ1) is 9.54. The number of carbonyl (C=O) groups is 1. The second kappa shape index (κ2) is 5.30. The second-order valence-electron chi connectivity index (χ2n) is 7.30. The summed E-state index contributed by atoms with van der Waals surface area (Å²) in [6.45, 7) is 8.20. The Morgan fingerprint density at radius 3 is 2.90 bits per heavy atom. The molecule has 2 N–H and O–H groups in total. The number of ether oxygens (including phenoxy) is 1. The van der Waals surface area contributed by atoms with Crippen molar-refractivity contribution in [1.82, 2.24) is 10.6 Å². The lowest BCUT2D eigenvalue weighted by Gasteiger charge is -2.51. The van der Waals surface area contributed by atoms with Crippen LogP contribution >= 0.6 is 0 Å². The predicted molar refractivity (Wildman–Crippen MR) is 78.4 cm³/mol. The van der Waals surface area contributed by atoms with E-state index in [1.807, 2.05) is 6.92 Å². The van der Waals surface area contributed by atoms with Gasteiger partial charge in [-0.3, -0.25) is 4.79 Å². The van der Waals surface area contributed by atoms with Crippen LogP contribution in [-0.4, -0.2) is 37.2 Å². The Balaban J connectivity index is 1.55. The molecule has 114 valence electrons. The highest BCUT2D eigenvalue weighted by Gasteiger charge is 2.51. The summed E-state index contributed by atoms with van der Waals surface area (Å²) in [5.74, 6) is 1.52. The number of rotatable bonds is 4. The lowest BCUT2D eigenvalue weighted by atomic mass is 9.64. The van der Waals surface area contributed by atoms with Crippen molar-refractivity contribution in [3.05, 3.63) is 0 Å². The van der Waals surface area contributed by atoms with Crippen molar-refractivity contribution in [3.8, 4) is 0 Å². The summed E-state index contributed by atoms with van der Waals surface area (Å²) in [6, 6.07) is 0.304. The Morgan fingerprint density at radius 2 is 2.20 bits per heavy atom. The molecular weight excluding hydrogens is 252 g/mol. The highest BCUT2D eigenvalue weighted by atomic mass is 16.5. The van der Waals surface area contributed by atoms with Gasteiger partial charge in [-0.05, 0) is 44.6 Å². The van der Waals surface area contributed by atoms with Gasteiger partial charge in [-0.1, -0.05) is 20.3 Å². The standard InChI is InChI=1S/C16H28N2O2/c1-4-20-13-8-12(16(13,2)3)18-15(19)14-11-7-5-6-10(11)9-17-14/h10-14,17H,4-9H2,1-3H3,(H,18,19). The highest BCUT2D eigenvalue weighted by Crippen LogP contribution is 2.43. The van der Waals surface area contributed by atoms with Crippen LogP contribution in [-0.2, 0) is 9.53 Å². The first-order valence-electron chi connectivity index (χ1n) is 8.19. The summed E-state index contributed by atoms with van der Waals surface area (Å²) in [5, 5.41) is 6.70. The van der Waals surface area contributed by atoms with Crippen molar-refractivity contribution in [1.29, 1.82) is 0 Å². The number of amides is 1. The van der Waals surface area contributed by atoms with E-state index in [-0.39, 0.29) is 29.5 Å². The molecule has 1 saturated heterocycles. The molecule has 0 aromatic carbocycles. The molecule has 1 amide bonds. The summed E-state index contributed by atoms with van der Waals surface area (Å²) in [5.41, 5.74) is 0.0549. The van der Waals surface area contributed by atoms with E-state index in [4.69, 9.17) is 4.74 Å². The first-order valence-corrected chi connectivity index (χ1v) is 8.19. The summed E-state index contributed by atoms with van der Waals surface area (Å²) in [6.07, 6.45) is 5.04. The SMILES string of the molecule is CCOC1CC(NC(=O)C2NCC3CCCC32)C1(C)C. The van der Waals surface area contributed by atoms with Crippen LogP contribution in [0.3, 0.4) is 0 Å². The van der Waals surface area contributed by atoms with Gasteiger partial charge in [0, 0.05) is 18.1 Å². The van der Waals surface area contributed by atoms with Crippen molar-refractivity contribution in [2.45, 2.75) is 64.6 Å². The average Bonchev–Trinajstić information content (AvgIpc) is 2.99. The van der Waals surface area contributed by atoms with Gasteiger partial charge in [-0.2, -0.15) is 0 Å². The minimum absolute atomic E-state index is 0.0458. The molecule has 3 fully saturated rings. The fourth-order valence-electron chi connectivity index (χ4n) is 4.35. The molecule has 20 heavy (non-hydrogen) atoms. The topological polar surface area (TPSA) is 50.4 Å². The monoisotopic (exact) mass is 280 g/mol. The zero-order valence-electron chi connectivity index (χ0n) is 12.9.